The zero-order valence-corrected chi connectivity index (χ0v) is 11.2. The van der Waals surface area contributed by atoms with Crippen molar-refractivity contribution in [2.24, 2.45) is 5.84 Å². The van der Waals surface area contributed by atoms with Gasteiger partial charge in [-0.25, -0.2) is 0 Å². The van der Waals surface area contributed by atoms with Crippen LogP contribution in [0.3, 0.4) is 0 Å². The molecular formula is C13H23N3O. The molecule has 1 aromatic heterocycles. The Morgan fingerprint density at radius 2 is 2.18 bits per heavy atom. The SMILES string of the molecule is COC(C)(C)CCC(NN)c1ccc(C)nc1. The Balaban J connectivity index is 2.63. The molecule has 1 heterocycles. The summed E-state index contributed by atoms with van der Waals surface area (Å²) in [6.07, 6.45) is 3.73. The number of ether oxygens (including phenoxy) is 1. The lowest BCUT2D eigenvalue weighted by atomic mass is 9.96. The number of hydrogen-bond acceptors (Lipinski definition) is 4. The number of hydrogen-bond donors (Lipinski definition) is 2. The Morgan fingerprint density at radius 3 is 2.65 bits per heavy atom. The minimum Gasteiger partial charge on any atom is -0.379 e. The first-order chi connectivity index (χ1) is 7.98. The van der Waals surface area contributed by atoms with Crippen molar-refractivity contribution >= 4 is 0 Å². The fraction of sp³-hybridized carbons (Fsp3) is 0.615. The second-order valence-corrected chi connectivity index (χ2v) is 4.95. The van der Waals surface area contributed by atoms with Crippen molar-refractivity contribution in [2.45, 2.75) is 45.3 Å². The number of nitrogens with two attached hydrogens (primary N) is 1. The molecule has 1 atom stereocenters. The number of nitrogens with zero attached hydrogens (tertiary/aromatic N) is 1. The molecular weight excluding hydrogens is 214 g/mol. The van der Waals surface area contributed by atoms with Gasteiger partial charge in [-0.1, -0.05) is 6.07 Å². The Hall–Kier alpha value is -0.970. The van der Waals surface area contributed by atoms with Gasteiger partial charge in [0, 0.05) is 25.0 Å². The maximum absolute atomic E-state index is 5.60. The van der Waals surface area contributed by atoms with Gasteiger partial charge in [-0.3, -0.25) is 16.3 Å². The van der Waals surface area contributed by atoms with E-state index in [1.807, 2.05) is 19.2 Å². The van der Waals surface area contributed by atoms with Gasteiger partial charge in [0.1, 0.15) is 0 Å². The van der Waals surface area contributed by atoms with Crippen LogP contribution >= 0.6 is 0 Å². The summed E-state index contributed by atoms with van der Waals surface area (Å²) >= 11 is 0. The lowest BCUT2D eigenvalue weighted by Crippen LogP contribution is -2.31. The van der Waals surface area contributed by atoms with Crippen molar-refractivity contribution in [3.63, 3.8) is 0 Å². The first kappa shape index (κ1) is 14.1. The van der Waals surface area contributed by atoms with Crippen molar-refractivity contribution in [3.05, 3.63) is 29.6 Å². The van der Waals surface area contributed by atoms with Crippen LogP contribution in [0, 0.1) is 6.92 Å². The molecule has 0 aromatic carbocycles. The summed E-state index contributed by atoms with van der Waals surface area (Å²) < 4.78 is 5.40. The first-order valence-corrected chi connectivity index (χ1v) is 5.92. The van der Waals surface area contributed by atoms with E-state index in [0.29, 0.717) is 0 Å². The van der Waals surface area contributed by atoms with Gasteiger partial charge in [0.2, 0.25) is 0 Å². The quantitative estimate of drug-likeness (QED) is 0.587. The second kappa shape index (κ2) is 6.10. The number of aromatic nitrogens is 1. The molecule has 0 aliphatic heterocycles. The standard InChI is InChI=1S/C13H23N3O/c1-10-5-6-11(9-15-10)12(16-14)7-8-13(2,3)17-4/h5-6,9,12,16H,7-8,14H2,1-4H3. The fourth-order valence-electron chi connectivity index (χ4n) is 1.63. The zero-order chi connectivity index (χ0) is 12.9. The van der Waals surface area contributed by atoms with Crippen LogP contribution in [0.4, 0.5) is 0 Å². The summed E-state index contributed by atoms with van der Waals surface area (Å²) in [6, 6.07) is 4.19. The molecule has 0 fully saturated rings. The van der Waals surface area contributed by atoms with E-state index in [2.05, 4.69) is 30.3 Å². The Kier molecular flexibility index (Phi) is 5.05. The van der Waals surface area contributed by atoms with E-state index in [1.165, 1.54) is 0 Å². The van der Waals surface area contributed by atoms with E-state index in [1.54, 1.807) is 7.11 Å². The van der Waals surface area contributed by atoms with Crippen LogP contribution in [-0.4, -0.2) is 17.7 Å². The lowest BCUT2D eigenvalue weighted by Gasteiger charge is -2.25. The predicted molar refractivity (Wildman–Crippen MR) is 69.4 cm³/mol. The molecule has 17 heavy (non-hydrogen) atoms. The van der Waals surface area contributed by atoms with Crippen LogP contribution in [0.2, 0.25) is 0 Å². The average Bonchev–Trinajstić information content (AvgIpc) is 2.32. The largest absolute Gasteiger partial charge is 0.379 e. The predicted octanol–water partition coefficient (Wildman–Crippen LogP) is 2.10. The summed E-state index contributed by atoms with van der Waals surface area (Å²) in [5.74, 6) is 5.60. The minimum atomic E-state index is -0.118. The molecule has 4 heteroatoms. The number of methoxy groups -OCH3 is 1. The van der Waals surface area contributed by atoms with Crippen LogP contribution in [0.25, 0.3) is 0 Å². The highest BCUT2D eigenvalue weighted by Crippen LogP contribution is 2.23. The Morgan fingerprint density at radius 1 is 1.47 bits per heavy atom. The normalized spacial score (nSPS) is 13.7. The van der Waals surface area contributed by atoms with Crippen LogP contribution in [0.5, 0.6) is 0 Å². The molecule has 0 spiro atoms. The van der Waals surface area contributed by atoms with E-state index in [-0.39, 0.29) is 11.6 Å². The van der Waals surface area contributed by atoms with Crippen LogP contribution < -0.4 is 11.3 Å². The third-order valence-electron chi connectivity index (χ3n) is 3.13. The number of hydrazine groups is 1. The fourth-order valence-corrected chi connectivity index (χ4v) is 1.63. The summed E-state index contributed by atoms with van der Waals surface area (Å²) in [5.41, 5.74) is 4.85. The van der Waals surface area contributed by atoms with Crippen molar-refractivity contribution < 1.29 is 4.74 Å². The average molecular weight is 237 g/mol. The van der Waals surface area contributed by atoms with Crippen LogP contribution in [0.15, 0.2) is 18.3 Å². The van der Waals surface area contributed by atoms with E-state index >= 15 is 0 Å². The number of aryl methyl sites for hydroxylation is 1. The van der Waals surface area contributed by atoms with Gasteiger partial charge in [-0.15, -0.1) is 0 Å². The highest BCUT2D eigenvalue weighted by Gasteiger charge is 2.19. The van der Waals surface area contributed by atoms with Gasteiger partial charge in [0.05, 0.1) is 5.60 Å². The third-order valence-corrected chi connectivity index (χ3v) is 3.13. The van der Waals surface area contributed by atoms with Crippen molar-refractivity contribution in [2.75, 3.05) is 7.11 Å². The van der Waals surface area contributed by atoms with E-state index in [4.69, 9.17) is 10.6 Å². The van der Waals surface area contributed by atoms with Crippen molar-refractivity contribution in [1.82, 2.24) is 10.4 Å². The second-order valence-electron chi connectivity index (χ2n) is 4.95. The summed E-state index contributed by atoms with van der Waals surface area (Å²) in [5, 5.41) is 0. The molecule has 1 unspecified atom stereocenters. The van der Waals surface area contributed by atoms with Crippen LogP contribution in [-0.2, 0) is 4.74 Å². The van der Waals surface area contributed by atoms with E-state index in [9.17, 15) is 0 Å². The molecule has 1 aromatic rings. The number of nitrogens with one attached hydrogen (secondary N) is 1. The Bertz CT molecular complexity index is 335. The molecule has 4 nitrogen and oxygen atoms in total. The van der Waals surface area contributed by atoms with Gasteiger partial charge < -0.3 is 4.74 Å². The van der Waals surface area contributed by atoms with Gasteiger partial charge in [-0.05, 0) is 45.2 Å². The van der Waals surface area contributed by atoms with Gasteiger partial charge in [0.15, 0.2) is 0 Å². The van der Waals surface area contributed by atoms with Gasteiger partial charge in [-0.2, -0.15) is 0 Å². The molecule has 3 N–H and O–H groups in total. The monoisotopic (exact) mass is 237 g/mol. The first-order valence-electron chi connectivity index (χ1n) is 5.92. The topological polar surface area (TPSA) is 60.2 Å². The molecule has 0 aliphatic carbocycles. The molecule has 0 aliphatic rings. The zero-order valence-electron chi connectivity index (χ0n) is 11.2. The summed E-state index contributed by atoms with van der Waals surface area (Å²) in [4.78, 5) is 4.29. The molecule has 1 rings (SSSR count). The highest BCUT2D eigenvalue weighted by atomic mass is 16.5. The minimum absolute atomic E-state index is 0.118. The number of rotatable bonds is 6. The van der Waals surface area contributed by atoms with E-state index in [0.717, 1.165) is 24.1 Å². The van der Waals surface area contributed by atoms with Crippen molar-refractivity contribution in [1.29, 1.82) is 0 Å². The number of pyridine rings is 1. The summed E-state index contributed by atoms with van der Waals surface area (Å²) in [6.45, 7) is 6.13. The Labute approximate surface area is 104 Å². The van der Waals surface area contributed by atoms with E-state index < -0.39 is 0 Å². The van der Waals surface area contributed by atoms with Crippen LogP contribution in [0.1, 0.15) is 44.0 Å². The molecule has 0 saturated heterocycles. The molecule has 96 valence electrons. The smallest absolute Gasteiger partial charge is 0.0623 e. The van der Waals surface area contributed by atoms with Gasteiger partial charge in [0.25, 0.3) is 0 Å². The molecule has 0 amide bonds. The molecule has 0 bridgehead atoms. The molecule has 0 radical (unpaired) electrons. The maximum atomic E-state index is 5.60. The molecule has 0 saturated carbocycles. The lowest BCUT2D eigenvalue weighted by molar-refractivity contribution is 0.0116. The van der Waals surface area contributed by atoms with Gasteiger partial charge >= 0.3 is 0 Å². The highest BCUT2D eigenvalue weighted by molar-refractivity contribution is 5.17. The summed E-state index contributed by atoms with van der Waals surface area (Å²) in [7, 11) is 1.73. The maximum Gasteiger partial charge on any atom is 0.0623 e. The van der Waals surface area contributed by atoms with Crippen molar-refractivity contribution in [3.8, 4) is 0 Å². The third kappa shape index (κ3) is 4.42.